The van der Waals surface area contributed by atoms with Crippen LogP contribution in [0, 0.1) is 28.1 Å². The Labute approximate surface area is 165 Å². The maximum absolute atomic E-state index is 9.95. The molecule has 0 N–H and O–H groups in total. The van der Waals surface area contributed by atoms with E-state index in [1.165, 1.54) is 76.2 Å². The fourth-order valence-electron chi connectivity index (χ4n) is 5.85. The maximum atomic E-state index is 9.95. The second kappa shape index (κ2) is 8.48. The largest absolute Gasteiger partial charge is 0.192 e. The number of unbranched alkanes of at least 4 members (excludes halogenated alkanes) is 3. The maximum Gasteiger partial charge on any atom is 0.101 e. The fourth-order valence-corrected chi connectivity index (χ4v) is 5.85. The Kier molecular flexibility index (Phi) is 6.26. The topological polar surface area (TPSA) is 47.6 Å². The first-order chi connectivity index (χ1) is 13.1. The third-order valence-electron chi connectivity index (χ3n) is 7.57. The molecule has 144 valence electrons. The lowest BCUT2D eigenvalue weighted by Gasteiger charge is -2.54. The zero-order chi connectivity index (χ0) is 19.3. The molecule has 1 aromatic carbocycles. The summed E-state index contributed by atoms with van der Waals surface area (Å²) in [6.45, 7) is 4.52. The van der Waals surface area contributed by atoms with Gasteiger partial charge in [0.15, 0.2) is 0 Å². The smallest absolute Gasteiger partial charge is 0.101 e. The molecular weight excluding hydrogens is 328 g/mol. The van der Waals surface area contributed by atoms with Gasteiger partial charge in [-0.15, -0.1) is 0 Å². The number of aryl methyl sites for hydroxylation is 1. The number of nitrogens with zero attached hydrogens (tertiary/aromatic N) is 2. The molecule has 0 heterocycles. The van der Waals surface area contributed by atoms with Gasteiger partial charge in [0.25, 0.3) is 0 Å². The van der Waals surface area contributed by atoms with Gasteiger partial charge in [0.2, 0.25) is 0 Å². The first kappa shape index (κ1) is 19.9. The SMILES string of the molecule is CCCCCCc1ccc(C23CCC(CCC)(CC2)CC3)c(C#N)c1C#N. The summed E-state index contributed by atoms with van der Waals surface area (Å²) in [5.41, 5.74) is 4.33. The minimum atomic E-state index is 0.146. The summed E-state index contributed by atoms with van der Waals surface area (Å²) >= 11 is 0. The molecule has 1 aromatic rings. The molecule has 0 saturated heterocycles. The van der Waals surface area contributed by atoms with E-state index in [2.05, 4.69) is 38.1 Å². The Bertz CT molecular complexity index is 722. The molecule has 0 atom stereocenters. The van der Waals surface area contributed by atoms with E-state index in [0.717, 1.165) is 18.4 Å². The molecule has 3 aliphatic rings. The van der Waals surface area contributed by atoms with E-state index in [0.29, 0.717) is 16.5 Å². The van der Waals surface area contributed by atoms with Crippen LogP contribution in [-0.4, -0.2) is 0 Å². The standard InChI is InChI=1S/C25H34N2/c1-3-5-6-7-8-20-9-10-23(22(19-27)21(20)18-26)25-15-12-24(11-4-2,13-16-25)14-17-25/h9-10H,3-8,11-17H2,1-2H3. The van der Waals surface area contributed by atoms with E-state index in [-0.39, 0.29) is 5.41 Å². The number of hydrogen-bond donors (Lipinski definition) is 0. The summed E-state index contributed by atoms with van der Waals surface area (Å²) in [7, 11) is 0. The second-order valence-electron chi connectivity index (χ2n) is 9.09. The first-order valence-electron chi connectivity index (χ1n) is 11.1. The summed E-state index contributed by atoms with van der Waals surface area (Å²) in [5, 5.41) is 19.8. The highest BCUT2D eigenvalue weighted by Crippen LogP contribution is 2.60. The highest BCUT2D eigenvalue weighted by Gasteiger charge is 2.49. The van der Waals surface area contributed by atoms with Gasteiger partial charge in [0.05, 0.1) is 11.1 Å². The van der Waals surface area contributed by atoms with E-state index >= 15 is 0 Å². The summed E-state index contributed by atoms with van der Waals surface area (Å²) in [4.78, 5) is 0. The molecule has 27 heavy (non-hydrogen) atoms. The summed E-state index contributed by atoms with van der Waals surface area (Å²) < 4.78 is 0. The molecular formula is C25H34N2. The van der Waals surface area contributed by atoms with Crippen LogP contribution < -0.4 is 0 Å². The quantitative estimate of drug-likeness (QED) is 0.470. The monoisotopic (exact) mass is 362 g/mol. The molecule has 3 aliphatic carbocycles. The number of rotatable bonds is 8. The molecule has 0 unspecified atom stereocenters. The van der Waals surface area contributed by atoms with Gasteiger partial charge in [-0.2, -0.15) is 10.5 Å². The van der Waals surface area contributed by atoms with Crippen LogP contribution in [0.3, 0.4) is 0 Å². The number of nitriles is 2. The van der Waals surface area contributed by atoms with E-state index < -0.39 is 0 Å². The average molecular weight is 363 g/mol. The molecule has 0 aromatic heterocycles. The minimum Gasteiger partial charge on any atom is -0.192 e. The van der Waals surface area contributed by atoms with Crippen molar-refractivity contribution in [2.75, 3.05) is 0 Å². The van der Waals surface area contributed by atoms with E-state index in [1.54, 1.807) is 0 Å². The lowest BCUT2D eigenvalue weighted by Crippen LogP contribution is -2.44. The Morgan fingerprint density at radius 1 is 0.815 bits per heavy atom. The van der Waals surface area contributed by atoms with Gasteiger partial charge >= 0.3 is 0 Å². The molecule has 0 amide bonds. The number of fused-ring (bicyclic) bond motifs is 3. The van der Waals surface area contributed by atoms with Crippen molar-refractivity contribution < 1.29 is 0 Å². The summed E-state index contributed by atoms with van der Waals surface area (Å²) in [5.74, 6) is 0. The molecule has 4 rings (SSSR count). The van der Waals surface area contributed by atoms with Crippen LogP contribution in [0.25, 0.3) is 0 Å². The zero-order valence-electron chi connectivity index (χ0n) is 17.2. The van der Waals surface area contributed by atoms with Gasteiger partial charge in [-0.3, -0.25) is 0 Å². The summed E-state index contributed by atoms with van der Waals surface area (Å²) in [6.07, 6.45) is 15.8. The van der Waals surface area contributed by atoms with Crippen molar-refractivity contribution in [1.82, 2.24) is 0 Å². The highest BCUT2D eigenvalue weighted by atomic mass is 14.5. The predicted octanol–water partition coefficient (Wildman–Crippen LogP) is 6.94. The molecule has 3 fully saturated rings. The van der Waals surface area contributed by atoms with E-state index in [1.807, 2.05) is 0 Å². The third-order valence-corrected chi connectivity index (χ3v) is 7.57. The van der Waals surface area contributed by atoms with Crippen molar-refractivity contribution in [2.45, 2.75) is 103 Å². The Morgan fingerprint density at radius 2 is 1.48 bits per heavy atom. The van der Waals surface area contributed by atoms with E-state index in [9.17, 15) is 10.5 Å². The Balaban J connectivity index is 1.87. The van der Waals surface area contributed by atoms with Crippen LogP contribution in [0.15, 0.2) is 12.1 Å². The number of benzene rings is 1. The van der Waals surface area contributed by atoms with Crippen LogP contribution in [0.5, 0.6) is 0 Å². The predicted molar refractivity (Wildman–Crippen MR) is 110 cm³/mol. The number of hydrogen-bond acceptors (Lipinski definition) is 2. The van der Waals surface area contributed by atoms with Gasteiger partial charge in [-0.1, -0.05) is 51.7 Å². The van der Waals surface area contributed by atoms with Crippen molar-refractivity contribution in [3.8, 4) is 12.1 Å². The lowest BCUT2D eigenvalue weighted by molar-refractivity contribution is 0.0319. The molecule has 3 saturated carbocycles. The molecule has 0 radical (unpaired) electrons. The average Bonchev–Trinajstić information content (AvgIpc) is 2.72. The zero-order valence-corrected chi connectivity index (χ0v) is 17.2. The van der Waals surface area contributed by atoms with Crippen molar-refractivity contribution >= 4 is 0 Å². The van der Waals surface area contributed by atoms with Gasteiger partial charge in [-0.05, 0) is 79.7 Å². The van der Waals surface area contributed by atoms with Crippen molar-refractivity contribution in [1.29, 1.82) is 10.5 Å². The van der Waals surface area contributed by atoms with E-state index in [4.69, 9.17) is 0 Å². The molecule has 2 bridgehead atoms. The van der Waals surface area contributed by atoms with Crippen molar-refractivity contribution in [3.63, 3.8) is 0 Å². The third kappa shape index (κ3) is 3.78. The van der Waals surface area contributed by atoms with Gasteiger partial charge in [0, 0.05) is 0 Å². The van der Waals surface area contributed by atoms with Gasteiger partial charge in [-0.25, -0.2) is 0 Å². The summed E-state index contributed by atoms with van der Waals surface area (Å²) in [6, 6.07) is 9.22. The Morgan fingerprint density at radius 3 is 2.04 bits per heavy atom. The lowest BCUT2D eigenvalue weighted by atomic mass is 9.50. The minimum absolute atomic E-state index is 0.146. The van der Waals surface area contributed by atoms with Crippen LogP contribution >= 0.6 is 0 Å². The Hall–Kier alpha value is -1.80. The molecule has 2 heteroatoms. The first-order valence-corrected chi connectivity index (χ1v) is 11.1. The van der Waals surface area contributed by atoms with Crippen LogP contribution in [-0.2, 0) is 11.8 Å². The normalized spacial score (nSPS) is 26.5. The molecule has 0 spiro atoms. The fraction of sp³-hybridized carbons (Fsp3) is 0.680. The van der Waals surface area contributed by atoms with Crippen molar-refractivity contribution in [2.24, 2.45) is 5.41 Å². The van der Waals surface area contributed by atoms with Gasteiger partial charge < -0.3 is 0 Å². The van der Waals surface area contributed by atoms with Crippen LogP contribution in [0.4, 0.5) is 0 Å². The van der Waals surface area contributed by atoms with Crippen LogP contribution in [0.2, 0.25) is 0 Å². The molecule has 2 nitrogen and oxygen atoms in total. The molecule has 0 aliphatic heterocycles. The second-order valence-corrected chi connectivity index (χ2v) is 9.09. The van der Waals surface area contributed by atoms with Gasteiger partial charge in [0.1, 0.15) is 12.1 Å². The van der Waals surface area contributed by atoms with Crippen LogP contribution in [0.1, 0.15) is 113 Å². The highest BCUT2D eigenvalue weighted by molar-refractivity contribution is 5.57. The van der Waals surface area contributed by atoms with Crippen molar-refractivity contribution in [3.05, 3.63) is 34.4 Å².